The summed E-state index contributed by atoms with van der Waals surface area (Å²) in [5.41, 5.74) is 1.65. The molecule has 9 nitrogen and oxygen atoms in total. The molecule has 0 saturated heterocycles. The lowest BCUT2D eigenvalue weighted by atomic mass is 10.1. The smallest absolute Gasteiger partial charge is 0.264 e. The van der Waals surface area contributed by atoms with Gasteiger partial charge in [0.1, 0.15) is 18.2 Å². The van der Waals surface area contributed by atoms with Crippen molar-refractivity contribution in [2.75, 3.05) is 6.61 Å². The molecule has 0 bridgehead atoms. The number of sulfonamides is 1. The number of carbonyl (C=O) groups is 1. The van der Waals surface area contributed by atoms with E-state index < -0.39 is 32.5 Å². The van der Waals surface area contributed by atoms with Crippen LogP contribution in [0.5, 0.6) is 5.75 Å². The van der Waals surface area contributed by atoms with E-state index in [0.29, 0.717) is 43.1 Å². The van der Waals surface area contributed by atoms with Crippen LogP contribution in [0.2, 0.25) is 0 Å². The van der Waals surface area contributed by atoms with E-state index in [2.05, 4.69) is 10.1 Å². The fourth-order valence-electron chi connectivity index (χ4n) is 3.67. The van der Waals surface area contributed by atoms with Crippen molar-refractivity contribution in [2.24, 2.45) is 0 Å². The number of halogens is 2. The summed E-state index contributed by atoms with van der Waals surface area (Å²) in [6.07, 6.45) is 7.11. The monoisotopic (exact) mass is 529 g/mol. The van der Waals surface area contributed by atoms with Crippen molar-refractivity contribution in [1.29, 1.82) is 0 Å². The Kier molecular flexibility index (Phi) is 7.97. The van der Waals surface area contributed by atoms with Gasteiger partial charge in [-0.3, -0.25) is 9.48 Å². The number of hydrogen-bond donors (Lipinski definition) is 1. The zero-order chi connectivity index (χ0) is 26.4. The van der Waals surface area contributed by atoms with E-state index in [0.717, 1.165) is 17.5 Å². The van der Waals surface area contributed by atoms with Crippen LogP contribution in [-0.2, 0) is 34.3 Å². The number of aromatic nitrogens is 4. The molecule has 0 aliphatic rings. The molecule has 1 N–H and O–H groups in total. The van der Waals surface area contributed by atoms with Crippen molar-refractivity contribution in [2.45, 2.75) is 37.8 Å². The first-order chi connectivity index (χ1) is 17.7. The summed E-state index contributed by atoms with van der Waals surface area (Å²) in [4.78, 5) is 16.1. The van der Waals surface area contributed by atoms with Gasteiger partial charge in [0.2, 0.25) is 5.91 Å². The third-order valence-corrected chi connectivity index (χ3v) is 6.99. The van der Waals surface area contributed by atoms with Crippen LogP contribution in [0.3, 0.4) is 0 Å². The minimum Gasteiger partial charge on any atom is -0.491 e. The highest BCUT2D eigenvalue weighted by molar-refractivity contribution is 7.90. The van der Waals surface area contributed by atoms with E-state index >= 15 is 0 Å². The standard InChI is InChI=1S/C25H25F2N5O4S/c1-18-28-10-12-31(18)13-14-36-24-15-19(17-32-11-2-9-29-32)3-4-20(24)5-8-25(33)30-37(34,35)21-6-7-22(26)23(27)16-21/h2-4,6-7,9-12,15-16H,5,8,13-14,17H2,1H3,(H,30,33). The number of imidazole rings is 1. The van der Waals surface area contributed by atoms with Crippen LogP contribution in [0.15, 0.2) is 72.1 Å². The first-order valence-corrected chi connectivity index (χ1v) is 12.9. The number of aryl methyl sites for hydroxylation is 2. The van der Waals surface area contributed by atoms with Crippen LogP contribution < -0.4 is 9.46 Å². The predicted molar refractivity (Wildman–Crippen MR) is 130 cm³/mol. The highest BCUT2D eigenvalue weighted by Gasteiger charge is 2.20. The molecule has 0 aliphatic carbocycles. The molecule has 4 aromatic rings. The number of nitrogens with one attached hydrogen (secondary N) is 1. The van der Waals surface area contributed by atoms with Crippen molar-refractivity contribution in [3.8, 4) is 5.75 Å². The number of ether oxygens (including phenoxy) is 1. The molecule has 4 rings (SSSR count). The van der Waals surface area contributed by atoms with Gasteiger partial charge in [-0.05, 0) is 54.8 Å². The van der Waals surface area contributed by atoms with Gasteiger partial charge in [-0.2, -0.15) is 5.10 Å². The number of carbonyl (C=O) groups excluding carboxylic acids is 1. The summed E-state index contributed by atoms with van der Waals surface area (Å²) in [5, 5.41) is 4.21. The third-order valence-electron chi connectivity index (χ3n) is 5.62. The van der Waals surface area contributed by atoms with Gasteiger partial charge < -0.3 is 9.30 Å². The summed E-state index contributed by atoms with van der Waals surface area (Å²) in [5.74, 6) is -1.87. The summed E-state index contributed by atoms with van der Waals surface area (Å²) in [6.45, 7) is 3.34. The van der Waals surface area contributed by atoms with Crippen molar-refractivity contribution in [1.82, 2.24) is 24.1 Å². The van der Waals surface area contributed by atoms with Gasteiger partial charge in [0.15, 0.2) is 11.6 Å². The molecule has 0 fully saturated rings. The third kappa shape index (κ3) is 6.79. The maximum absolute atomic E-state index is 13.4. The van der Waals surface area contributed by atoms with Crippen LogP contribution in [0.4, 0.5) is 8.78 Å². The summed E-state index contributed by atoms with van der Waals surface area (Å²) < 4.78 is 63.1. The molecular weight excluding hydrogens is 504 g/mol. The fraction of sp³-hybridized carbons (Fsp3) is 0.240. The maximum atomic E-state index is 13.4. The molecule has 194 valence electrons. The van der Waals surface area contributed by atoms with E-state index in [1.807, 2.05) is 52.9 Å². The topological polar surface area (TPSA) is 108 Å². The first kappa shape index (κ1) is 26.0. The molecule has 2 aromatic carbocycles. The molecule has 1 amide bonds. The van der Waals surface area contributed by atoms with Crippen molar-refractivity contribution in [3.05, 3.63) is 95.8 Å². The minimum atomic E-state index is -4.35. The van der Waals surface area contributed by atoms with Crippen LogP contribution in [0.25, 0.3) is 0 Å². The molecule has 0 radical (unpaired) electrons. The Bertz CT molecular complexity index is 1490. The molecule has 0 spiro atoms. The average Bonchev–Trinajstić information content (AvgIpc) is 3.51. The summed E-state index contributed by atoms with van der Waals surface area (Å²) in [7, 11) is -4.35. The largest absolute Gasteiger partial charge is 0.491 e. The van der Waals surface area contributed by atoms with Crippen molar-refractivity contribution < 1.29 is 26.7 Å². The Morgan fingerprint density at radius 1 is 1.08 bits per heavy atom. The lowest BCUT2D eigenvalue weighted by Gasteiger charge is -2.15. The van der Waals surface area contributed by atoms with Gasteiger partial charge in [-0.1, -0.05) is 12.1 Å². The number of rotatable bonds is 11. The van der Waals surface area contributed by atoms with Crippen molar-refractivity contribution >= 4 is 15.9 Å². The van der Waals surface area contributed by atoms with Crippen LogP contribution in [0, 0.1) is 18.6 Å². The Morgan fingerprint density at radius 3 is 2.62 bits per heavy atom. The van der Waals surface area contributed by atoms with Crippen molar-refractivity contribution in [3.63, 3.8) is 0 Å². The van der Waals surface area contributed by atoms with E-state index in [4.69, 9.17) is 4.74 Å². The quantitative estimate of drug-likeness (QED) is 0.320. The number of amides is 1. The van der Waals surface area contributed by atoms with E-state index in [9.17, 15) is 22.0 Å². The normalized spacial score (nSPS) is 11.4. The molecular formula is C25H25F2N5O4S. The van der Waals surface area contributed by atoms with E-state index in [-0.39, 0.29) is 12.8 Å². The second-order valence-corrected chi connectivity index (χ2v) is 9.95. The molecule has 37 heavy (non-hydrogen) atoms. The van der Waals surface area contributed by atoms with Gasteiger partial charge in [-0.25, -0.2) is 26.9 Å². The zero-order valence-electron chi connectivity index (χ0n) is 20.0. The van der Waals surface area contributed by atoms with Gasteiger partial charge in [-0.15, -0.1) is 0 Å². The average molecular weight is 530 g/mol. The molecule has 0 saturated carbocycles. The Labute approximate surface area is 212 Å². The minimum absolute atomic E-state index is 0.168. The van der Waals surface area contributed by atoms with Gasteiger partial charge >= 0.3 is 0 Å². The lowest BCUT2D eigenvalue weighted by molar-refractivity contribution is -0.119. The fourth-order valence-corrected chi connectivity index (χ4v) is 4.69. The molecule has 12 heteroatoms. The van der Waals surface area contributed by atoms with Crippen LogP contribution in [-0.4, -0.2) is 40.3 Å². The second kappa shape index (κ2) is 11.3. The molecule has 2 heterocycles. The van der Waals surface area contributed by atoms with Crippen LogP contribution in [0.1, 0.15) is 23.4 Å². The summed E-state index contributed by atoms with van der Waals surface area (Å²) >= 11 is 0. The highest BCUT2D eigenvalue weighted by Crippen LogP contribution is 2.23. The second-order valence-electron chi connectivity index (χ2n) is 8.27. The number of nitrogens with zero attached hydrogens (tertiary/aromatic N) is 4. The van der Waals surface area contributed by atoms with Gasteiger partial charge in [0, 0.05) is 31.2 Å². The van der Waals surface area contributed by atoms with Gasteiger partial charge in [0.25, 0.3) is 10.0 Å². The van der Waals surface area contributed by atoms with E-state index in [1.165, 1.54) is 0 Å². The van der Waals surface area contributed by atoms with Crippen LogP contribution >= 0.6 is 0 Å². The first-order valence-electron chi connectivity index (χ1n) is 11.4. The zero-order valence-corrected chi connectivity index (χ0v) is 20.8. The molecule has 0 atom stereocenters. The SMILES string of the molecule is Cc1nccn1CCOc1cc(Cn2cccn2)ccc1CCC(=O)NS(=O)(=O)c1ccc(F)c(F)c1. The molecule has 0 unspecified atom stereocenters. The lowest BCUT2D eigenvalue weighted by Crippen LogP contribution is -2.30. The number of hydrogen-bond acceptors (Lipinski definition) is 6. The Balaban J connectivity index is 1.44. The Morgan fingerprint density at radius 2 is 1.92 bits per heavy atom. The summed E-state index contributed by atoms with van der Waals surface area (Å²) in [6, 6.07) is 9.51. The predicted octanol–water partition coefficient (Wildman–Crippen LogP) is 3.23. The molecule has 0 aliphatic heterocycles. The van der Waals surface area contributed by atoms with Gasteiger partial charge in [0.05, 0.1) is 18.0 Å². The van der Waals surface area contributed by atoms with E-state index in [1.54, 1.807) is 17.1 Å². The number of benzene rings is 2. The maximum Gasteiger partial charge on any atom is 0.264 e. The Hall–Kier alpha value is -4.06. The molecule has 2 aromatic heterocycles. The highest BCUT2D eigenvalue weighted by atomic mass is 32.2.